The van der Waals surface area contributed by atoms with E-state index in [1.165, 1.54) is 80.3 Å². The molecule has 1 aromatic carbocycles. The third kappa shape index (κ3) is 3.52. The van der Waals surface area contributed by atoms with E-state index in [4.69, 9.17) is 4.74 Å². The van der Waals surface area contributed by atoms with Gasteiger partial charge in [-0.15, -0.1) is 0 Å². The lowest BCUT2D eigenvalue weighted by Crippen LogP contribution is -2.38. The van der Waals surface area contributed by atoms with Crippen LogP contribution in [0, 0.1) is 13.8 Å². The molecule has 28 heavy (non-hydrogen) atoms. The predicted molar refractivity (Wildman–Crippen MR) is 118 cm³/mol. The number of likely N-dealkylation sites (tertiary alicyclic amines) is 1. The largest absolute Gasteiger partial charge is 0.496 e. The van der Waals surface area contributed by atoms with Gasteiger partial charge in [0.25, 0.3) is 0 Å². The van der Waals surface area contributed by atoms with Crippen molar-refractivity contribution in [2.24, 2.45) is 0 Å². The van der Waals surface area contributed by atoms with Crippen molar-refractivity contribution in [3.05, 3.63) is 33.9 Å². The van der Waals surface area contributed by atoms with E-state index in [1.807, 2.05) is 7.11 Å². The molecule has 0 spiro atoms. The molecule has 1 fully saturated rings. The molecule has 0 amide bonds. The van der Waals surface area contributed by atoms with Gasteiger partial charge in [0.15, 0.2) is 0 Å². The third-order valence-corrected chi connectivity index (χ3v) is 7.38. The number of rotatable bonds is 7. The van der Waals surface area contributed by atoms with Crippen LogP contribution in [0.4, 0.5) is 0 Å². The maximum Gasteiger partial charge on any atom is 0.126 e. The minimum absolute atomic E-state index is 0.553. The first-order valence-electron chi connectivity index (χ1n) is 11.5. The fraction of sp³-hybridized carbons (Fsp3) is 0.680. The second-order valence-electron chi connectivity index (χ2n) is 9.01. The number of aryl methyl sites for hydroxylation is 2. The van der Waals surface area contributed by atoms with Crippen molar-refractivity contribution in [2.75, 3.05) is 33.3 Å². The van der Waals surface area contributed by atoms with Crippen LogP contribution in [0.3, 0.4) is 0 Å². The molecule has 1 aliphatic heterocycles. The number of nitrogens with one attached hydrogen (secondary N) is 1. The highest BCUT2D eigenvalue weighted by Gasteiger charge is 2.36. The normalized spacial score (nSPS) is 24.6. The van der Waals surface area contributed by atoms with Gasteiger partial charge in [-0.3, -0.25) is 4.90 Å². The summed E-state index contributed by atoms with van der Waals surface area (Å²) >= 11 is 0. The number of benzene rings is 1. The molecule has 2 aliphatic carbocycles. The number of fused-ring (bicyclic) bond motifs is 2. The molecule has 0 radical (unpaired) electrons. The first-order valence-corrected chi connectivity index (χ1v) is 11.5. The van der Waals surface area contributed by atoms with Gasteiger partial charge in [0.2, 0.25) is 0 Å². The maximum atomic E-state index is 5.94. The molecular formula is C25H38N2O. The standard InChI is InChI=1S/C25H38N2O/c1-5-27-14-8-9-19(27)16-26-13-12-22-20-10-6-7-11-21(20)23-17(2)15-18(3)25(28-4)24(22)23/h15,19,22,26H,5-14,16H2,1-4H3. The topological polar surface area (TPSA) is 24.5 Å². The average Bonchev–Trinajstić information content (AvgIpc) is 3.28. The van der Waals surface area contributed by atoms with Crippen LogP contribution in [0.1, 0.15) is 80.0 Å². The Kier molecular flexibility index (Phi) is 6.13. The fourth-order valence-electron chi connectivity index (χ4n) is 6.15. The molecule has 1 saturated heterocycles. The Balaban J connectivity index is 1.51. The lowest BCUT2D eigenvalue weighted by Gasteiger charge is -2.25. The fourth-order valence-corrected chi connectivity index (χ4v) is 6.15. The van der Waals surface area contributed by atoms with Crippen molar-refractivity contribution in [3.8, 4) is 5.75 Å². The van der Waals surface area contributed by atoms with Gasteiger partial charge in [-0.1, -0.05) is 18.6 Å². The highest BCUT2D eigenvalue weighted by atomic mass is 16.5. The van der Waals surface area contributed by atoms with Crippen molar-refractivity contribution >= 4 is 5.57 Å². The van der Waals surface area contributed by atoms with Gasteiger partial charge in [-0.25, -0.2) is 0 Å². The number of likely N-dealkylation sites (N-methyl/N-ethyl adjacent to an activating group) is 1. The molecule has 4 rings (SSSR count). The zero-order valence-electron chi connectivity index (χ0n) is 18.4. The zero-order chi connectivity index (χ0) is 19.7. The Morgan fingerprint density at radius 3 is 2.75 bits per heavy atom. The van der Waals surface area contributed by atoms with Crippen molar-refractivity contribution in [2.45, 2.75) is 77.7 Å². The highest BCUT2D eigenvalue weighted by molar-refractivity contribution is 5.83. The van der Waals surface area contributed by atoms with Gasteiger partial charge >= 0.3 is 0 Å². The second-order valence-corrected chi connectivity index (χ2v) is 9.01. The van der Waals surface area contributed by atoms with Gasteiger partial charge in [0.05, 0.1) is 7.11 Å². The van der Waals surface area contributed by atoms with Crippen molar-refractivity contribution in [1.29, 1.82) is 0 Å². The molecular weight excluding hydrogens is 344 g/mol. The van der Waals surface area contributed by atoms with Crippen LogP contribution >= 0.6 is 0 Å². The van der Waals surface area contributed by atoms with E-state index < -0.39 is 0 Å². The molecule has 3 aliphatic rings. The average molecular weight is 383 g/mol. The highest BCUT2D eigenvalue weighted by Crippen LogP contribution is 2.54. The van der Waals surface area contributed by atoms with E-state index in [0.29, 0.717) is 5.92 Å². The van der Waals surface area contributed by atoms with Crippen LogP contribution in [-0.2, 0) is 0 Å². The minimum atomic E-state index is 0.553. The molecule has 0 aromatic heterocycles. The summed E-state index contributed by atoms with van der Waals surface area (Å²) < 4.78 is 5.94. The quantitative estimate of drug-likeness (QED) is 0.656. The third-order valence-electron chi connectivity index (χ3n) is 7.38. The van der Waals surface area contributed by atoms with Crippen LogP contribution in [-0.4, -0.2) is 44.2 Å². The molecule has 1 heterocycles. The Hall–Kier alpha value is -1.32. The van der Waals surface area contributed by atoms with Crippen molar-refractivity contribution < 1.29 is 4.74 Å². The molecule has 154 valence electrons. The van der Waals surface area contributed by atoms with Crippen molar-refractivity contribution in [1.82, 2.24) is 10.2 Å². The van der Waals surface area contributed by atoms with Crippen LogP contribution in [0.2, 0.25) is 0 Å². The van der Waals surface area contributed by atoms with Gasteiger partial charge in [0.1, 0.15) is 5.75 Å². The molecule has 0 bridgehead atoms. The summed E-state index contributed by atoms with van der Waals surface area (Å²) in [6.45, 7) is 11.5. The first kappa shape index (κ1) is 20.0. The van der Waals surface area contributed by atoms with E-state index in [1.54, 1.807) is 11.1 Å². The van der Waals surface area contributed by atoms with E-state index >= 15 is 0 Å². The summed E-state index contributed by atoms with van der Waals surface area (Å²) in [5, 5.41) is 3.81. The molecule has 1 N–H and O–H groups in total. The molecule has 2 atom stereocenters. The molecule has 3 heteroatoms. The minimum Gasteiger partial charge on any atom is -0.496 e. The lowest BCUT2D eigenvalue weighted by atomic mass is 9.85. The molecule has 1 aromatic rings. The Morgan fingerprint density at radius 1 is 1.14 bits per heavy atom. The molecule has 2 unspecified atom stereocenters. The van der Waals surface area contributed by atoms with Crippen LogP contribution in [0.15, 0.2) is 11.6 Å². The predicted octanol–water partition coefficient (Wildman–Crippen LogP) is 5.20. The second kappa shape index (κ2) is 8.59. The molecule has 3 nitrogen and oxygen atoms in total. The van der Waals surface area contributed by atoms with E-state index in [-0.39, 0.29) is 0 Å². The smallest absolute Gasteiger partial charge is 0.126 e. The van der Waals surface area contributed by atoms with Crippen LogP contribution < -0.4 is 10.1 Å². The number of nitrogens with zero attached hydrogens (tertiary/aromatic N) is 1. The van der Waals surface area contributed by atoms with Gasteiger partial charge < -0.3 is 10.1 Å². The van der Waals surface area contributed by atoms with E-state index in [9.17, 15) is 0 Å². The number of methoxy groups -OCH3 is 1. The van der Waals surface area contributed by atoms with Gasteiger partial charge in [0, 0.05) is 24.1 Å². The summed E-state index contributed by atoms with van der Waals surface area (Å²) in [7, 11) is 1.85. The zero-order valence-corrected chi connectivity index (χ0v) is 18.4. The number of hydrogen-bond donors (Lipinski definition) is 1. The van der Waals surface area contributed by atoms with Gasteiger partial charge in [-0.05, 0) is 101 Å². The maximum absolute atomic E-state index is 5.94. The summed E-state index contributed by atoms with van der Waals surface area (Å²) in [5.41, 5.74) is 9.17. The number of hydrogen-bond acceptors (Lipinski definition) is 3. The molecule has 0 saturated carbocycles. The summed E-state index contributed by atoms with van der Waals surface area (Å²) in [6.07, 6.45) is 9.15. The Labute approximate surface area is 171 Å². The van der Waals surface area contributed by atoms with Gasteiger partial charge in [-0.2, -0.15) is 0 Å². The van der Waals surface area contributed by atoms with Crippen molar-refractivity contribution in [3.63, 3.8) is 0 Å². The number of ether oxygens (including phenoxy) is 1. The lowest BCUT2D eigenvalue weighted by molar-refractivity contribution is 0.260. The Morgan fingerprint density at radius 2 is 1.96 bits per heavy atom. The summed E-state index contributed by atoms with van der Waals surface area (Å²) in [5.74, 6) is 1.70. The van der Waals surface area contributed by atoms with Crippen LogP contribution in [0.25, 0.3) is 5.57 Å². The van der Waals surface area contributed by atoms with E-state index in [0.717, 1.165) is 24.9 Å². The van der Waals surface area contributed by atoms with E-state index in [2.05, 4.69) is 37.1 Å². The SMILES string of the molecule is CCN1CCCC1CNCCC1C2=C(CCCC2)c2c(C)cc(C)c(OC)c21. The summed E-state index contributed by atoms with van der Waals surface area (Å²) in [6, 6.07) is 3.07. The number of allylic oxidation sites excluding steroid dienone is 2. The Bertz CT molecular complexity index is 751. The first-order chi connectivity index (χ1) is 13.7. The monoisotopic (exact) mass is 382 g/mol. The summed E-state index contributed by atoms with van der Waals surface area (Å²) in [4.78, 5) is 2.63. The van der Waals surface area contributed by atoms with Crippen LogP contribution in [0.5, 0.6) is 5.75 Å².